The van der Waals surface area contributed by atoms with Crippen molar-refractivity contribution in [2.75, 3.05) is 13.2 Å². The standard InChI is InChI=1S/C16H22ClNO3/c1-11-8-13(6-7-14(11)17)21-10-16(20)18-15-5-3-2-4-12(15)9-19/h6-8,12,15,19H,2-5,9-10H2,1H3,(H,18,20). The third kappa shape index (κ3) is 4.61. The van der Waals surface area contributed by atoms with Gasteiger partial charge in [0.2, 0.25) is 0 Å². The molecule has 0 saturated heterocycles. The largest absolute Gasteiger partial charge is 0.484 e. The van der Waals surface area contributed by atoms with Gasteiger partial charge in [-0.2, -0.15) is 0 Å². The molecule has 2 rings (SSSR count). The Bertz CT molecular complexity index is 492. The average molecular weight is 312 g/mol. The highest BCUT2D eigenvalue weighted by Crippen LogP contribution is 2.24. The molecule has 0 aliphatic heterocycles. The van der Waals surface area contributed by atoms with Crippen LogP contribution in [0.4, 0.5) is 0 Å². The Morgan fingerprint density at radius 2 is 2.19 bits per heavy atom. The number of nitrogens with one attached hydrogen (secondary N) is 1. The molecule has 0 heterocycles. The second-order valence-corrected chi connectivity index (χ2v) is 6.01. The molecule has 0 bridgehead atoms. The fourth-order valence-corrected chi connectivity index (χ4v) is 2.84. The lowest BCUT2D eigenvalue weighted by molar-refractivity contribution is -0.124. The molecule has 1 aromatic carbocycles. The van der Waals surface area contributed by atoms with Gasteiger partial charge in [-0.15, -0.1) is 0 Å². The van der Waals surface area contributed by atoms with E-state index in [0.29, 0.717) is 10.8 Å². The van der Waals surface area contributed by atoms with Gasteiger partial charge in [0.25, 0.3) is 5.91 Å². The first-order valence-electron chi connectivity index (χ1n) is 7.39. The Morgan fingerprint density at radius 1 is 1.43 bits per heavy atom. The van der Waals surface area contributed by atoms with Gasteiger partial charge in [-0.25, -0.2) is 0 Å². The third-order valence-corrected chi connectivity index (χ3v) is 4.41. The molecule has 1 saturated carbocycles. The van der Waals surface area contributed by atoms with Gasteiger partial charge < -0.3 is 15.2 Å². The van der Waals surface area contributed by atoms with E-state index in [4.69, 9.17) is 16.3 Å². The molecule has 2 atom stereocenters. The van der Waals surface area contributed by atoms with Crippen molar-refractivity contribution in [2.45, 2.75) is 38.6 Å². The maximum Gasteiger partial charge on any atom is 0.258 e. The molecule has 0 aromatic heterocycles. The number of hydrogen-bond donors (Lipinski definition) is 2. The molecule has 1 aromatic rings. The summed E-state index contributed by atoms with van der Waals surface area (Å²) in [6.07, 6.45) is 4.12. The average Bonchev–Trinajstić information content (AvgIpc) is 2.49. The van der Waals surface area contributed by atoms with E-state index in [0.717, 1.165) is 31.2 Å². The quantitative estimate of drug-likeness (QED) is 0.879. The summed E-state index contributed by atoms with van der Waals surface area (Å²) >= 11 is 5.95. The van der Waals surface area contributed by atoms with Gasteiger partial charge in [0, 0.05) is 23.6 Å². The lowest BCUT2D eigenvalue weighted by Gasteiger charge is -2.30. The van der Waals surface area contributed by atoms with Crippen molar-refractivity contribution in [1.82, 2.24) is 5.32 Å². The molecule has 1 aliphatic rings. The van der Waals surface area contributed by atoms with Gasteiger partial charge in [-0.05, 0) is 43.5 Å². The molecule has 5 heteroatoms. The molecule has 1 fully saturated rings. The summed E-state index contributed by atoms with van der Waals surface area (Å²) in [5.41, 5.74) is 0.919. The molecular formula is C16H22ClNO3. The molecule has 0 spiro atoms. The molecule has 0 radical (unpaired) electrons. The first kappa shape index (κ1) is 16.1. The lowest BCUT2D eigenvalue weighted by Crippen LogP contribution is -2.45. The summed E-state index contributed by atoms with van der Waals surface area (Å²) < 4.78 is 5.48. The SMILES string of the molecule is Cc1cc(OCC(=O)NC2CCCCC2CO)ccc1Cl. The van der Waals surface area contributed by atoms with Gasteiger partial charge in [-0.3, -0.25) is 4.79 Å². The number of aryl methyl sites for hydroxylation is 1. The lowest BCUT2D eigenvalue weighted by atomic mass is 9.85. The number of amides is 1. The van der Waals surface area contributed by atoms with Gasteiger partial charge >= 0.3 is 0 Å². The maximum absolute atomic E-state index is 12.0. The predicted molar refractivity (Wildman–Crippen MR) is 82.7 cm³/mol. The van der Waals surface area contributed by atoms with E-state index in [1.54, 1.807) is 12.1 Å². The van der Waals surface area contributed by atoms with E-state index in [9.17, 15) is 9.90 Å². The van der Waals surface area contributed by atoms with Gasteiger partial charge in [0.15, 0.2) is 6.61 Å². The van der Waals surface area contributed by atoms with E-state index in [1.165, 1.54) is 0 Å². The maximum atomic E-state index is 12.0. The second kappa shape index (κ2) is 7.66. The van der Waals surface area contributed by atoms with Crippen LogP contribution >= 0.6 is 11.6 Å². The Morgan fingerprint density at radius 3 is 2.90 bits per heavy atom. The van der Waals surface area contributed by atoms with Crippen molar-refractivity contribution in [3.63, 3.8) is 0 Å². The van der Waals surface area contributed by atoms with Crippen molar-refractivity contribution >= 4 is 17.5 Å². The summed E-state index contributed by atoms with van der Waals surface area (Å²) in [6.45, 7) is 2.00. The predicted octanol–water partition coefficient (Wildman–Crippen LogP) is 2.69. The topological polar surface area (TPSA) is 58.6 Å². The molecule has 4 nitrogen and oxygen atoms in total. The second-order valence-electron chi connectivity index (χ2n) is 5.60. The van der Waals surface area contributed by atoms with Crippen LogP contribution in [-0.2, 0) is 4.79 Å². The number of carbonyl (C=O) groups excluding carboxylic acids is 1. The summed E-state index contributed by atoms with van der Waals surface area (Å²) in [6, 6.07) is 5.38. The molecule has 1 amide bonds. The fraction of sp³-hybridized carbons (Fsp3) is 0.562. The Balaban J connectivity index is 1.82. The zero-order valence-corrected chi connectivity index (χ0v) is 13.0. The summed E-state index contributed by atoms with van der Waals surface area (Å²) in [4.78, 5) is 12.0. The highest BCUT2D eigenvalue weighted by molar-refractivity contribution is 6.31. The Hall–Kier alpha value is -1.26. The van der Waals surface area contributed by atoms with E-state index < -0.39 is 0 Å². The van der Waals surface area contributed by atoms with E-state index in [2.05, 4.69) is 5.32 Å². The minimum atomic E-state index is -0.145. The number of halogens is 1. The molecule has 2 unspecified atom stereocenters. The van der Waals surface area contributed by atoms with Crippen LogP contribution in [-0.4, -0.2) is 30.3 Å². The number of ether oxygens (including phenoxy) is 1. The van der Waals surface area contributed by atoms with Crippen LogP contribution in [0.3, 0.4) is 0 Å². The minimum absolute atomic E-state index is 0.0181. The summed E-state index contributed by atoms with van der Waals surface area (Å²) in [5, 5.41) is 13.0. The molecule has 21 heavy (non-hydrogen) atoms. The van der Waals surface area contributed by atoms with Gasteiger partial charge in [0.1, 0.15) is 5.75 Å². The number of carbonyl (C=O) groups is 1. The van der Waals surface area contributed by atoms with Crippen LogP contribution in [0.25, 0.3) is 0 Å². The molecule has 1 aliphatic carbocycles. The monoisotopic (exact) mass is 311 g/mol. The minimum Gasteiger partial charge on any atom is -0.484 e. The van der Waals surface area contributed by atoms with Crippen molar-refractivity contribution < 1.29 is 14.6 Å². The Kier molecular flexibility index (Phi) is 5.88. The van der Waals surface area contributed by atoms with E-state index in [1.807, 2.05) is 13.0 Å². The van der Waals surface area contributed by atoms with Crippen molar-refractivity contribution in [3.05, 3.63) is 28.8 Å². The van der Waals surface area contributed by atoms with Gasteiger partial charge in [0.05, 0.1) is 0 Å². The molecule has 2 N–H and O–H groups in total. The van der Waals surface area contributed by atoms with Crippen LogP contribution < -0.4 is 10.1 Å². The van der Waals surface area contributed by atoms with Crippen LogP contribution in [0.1, 0.15) is 31.2 Å². The van der Waals surface area contributed by atoms with Crippen molar-refractivity contribution in [1.29, 1.82) is 0 Å². The number of hydrogen-bond acceptors (Lipinski definition) is 3. The fourth-order valence-electron chi connectivity index (χ4n) is 2.72. The van der Waals surface area contributed by atoms with Crippen LogP contribution in [0.5, 0.6) is 5.75 Å². The van der Waals surface area contributed by atoms with Crippen LogP contribution in [0, 0.1) is 12.8 Å². The highest BCUT2D eigenvalue weighted by atomic mass is 35.5. The van der Waals surface area contributed by atoms with Crippen LogP contribution in [0.2, 0.25) is 5.02 Å². The van der Waals surface area contributed by atoms with E-state index >= 15 is 0 Å². The smallest absolute Gasteiger partial charge is 0.258 e. The molecular weight excluding hydrogens is 290 g/mol. The van der Waals surface area contributed by atoms with Gasteiger partial charge in [-0.1, -0.05) is 24.4 Å². The number of aliphatic hydroxyl groups is 1. The zero-order chi connectivity index (χ0) is 15.2. The van der Waals surface area contributed by atoms with Crippen molar-refractivity contribution in [2.24, 2.45) is 5.92 Å². The Labute approximate surface area is 130 Å². The van der Waals surface area contributed by atoms with Crippen molar-refractivity contribution in [3.8, 4) is 5.75 Å². The number of rotatable bonds is 5. The third-order valence-electron chi connectivity index (χ3n) is 3.99. The number of aliphatic hydroxyl groups excluding tert-OH is 1. The highest BCUT2D eigenvalue weighted by Gasteiger charge is 2.25. The summed E-state index contributed by atoms with van der Waals surface area (Å²) in [7, 11) is 0. The molecule has 116 valence electrons. The zero-order valence-electron chi connectivity index (χ0n) is 12.3. The number of benzene rings is 1. The van der Waals surface area contributed by atoms with Crippen LogP contribution in [0.15, 0.2) is 18.2 Å². The normalized spacial score (nSPS) is 21.9. The summed E-state index contributed by atoms with van der Waals surface area (Å²) in [5.74, 6) is 0.655. The first-order chi connectivity index (χ1) is 10.1. The first-order valence-corrected chi connectivity index (χ1v) is 7.77. The van der Waals surface area contributed by atoms with E-state index in [-0.39, 0.29) is 31.1 Å².